The number of halogens is 1. The second-order valence-corrected chi connectivity index (χ2v) is 5.89. The van der Waals surface area contributed by atoms with Crippen molar-refractivity contribution in [3.63, 3.8) is 0 Å². The number of hydrogen-bond donors (Lipinski definition) is 1. The Morgan fingerprint density at radius 3 is 2.83 bits per heavy atom. The molecule has 1 aliphatic heterocycles. The van der Waals surface area contributed by atoms with Crippen molar-refractivity contribution in [3.8, 4) is 0 Å². The van der Waals surface area contributed by atoms with Crippen molar-refractivity contribution >= 4 is 11.8 Å². The van der Waals surface area contributed by atoms with E-state index in [9.17, 15) is 14.0 Å². The highest BCUT2D eigenvalue weighted by molar-refractivity contribution is 5.82. The molecule has 1 atom stereocenters. The van der Waals surface area contributed by atoms with Crippen molar-refractivity contribution in [1.29, 1.82) is 0 Å². The van der Waals surface area contributed by atoms with Crippen LogP contribution in [0.1, 0.15) is 12.0 Å². The zero-order chi connectivity index (χ0) is 16.9. The largest absolute Gasteiger partial charge is 0.349 e. The molecule has 1 N–H and O–H groups in total. The van der Waals surface area contributed by atoms with Crippen LogP contribution in [0, 0.1) is 5.82 Å². The summed E-state index contributed by atoms with van der Waals surface area (Å²) in [4.78, 5) is 25.7. The van der Waals surface area contributed by atoms with Gasteiger partial charge in [-0.25, -0.2) is 4.39 Å². The van der Waals surface area contributed by atoms with Gasteiger partial charge in [-0.2, -0.15) is 5.10 Å². The van der Waals surface area contributed by atoms with Crippen LogP contribution in [0.15, 0.2) is 42.7 Å². The van der Waals surface area contributed by atoms with Crippen molar-refractivity contribution < 1.29 is 14.0 Å². The van der Waals surface area contributed by atoms with Crippen LogP contribution in [0.4, 0.5) is 4.39 Å². The van der Waals surface area contributed by atoms with E-state index in [1.807, 2.05) is 0 Å². The predicted octanol–water partition coefficient (Wildman–Crippen LogP) is 0.982. The molecule has 1 aromatic heterocycles. The van der Waals surface area contributed by atoms with Crippen LogP contribution < -0.4 is 5.32 Å². The molecule has 24 heavy (non-hydrogen) atoms. The van der Waals surface area contributed by atoms with Crippen LogP contribution in [0.5, 0.6) is 0 Å². The van der Waals surface area contributed by atoms with Gasteiger partial charge < -0.3 is 10.2 Å². The van der Waals surface area contributed by atoms with Gasteiger partial charge in [-0.15, -0.1) is 0 Å². The number of nitrogens with zero attached hydrogens (tertiary/aromatic N) is 3. The van der Waals surface area contributed by atoms with Gasteiger partial charge in [-0.3, -0.25) is 14.3 Å². The average molecular weight is 330 g/mol. The van der Waals surface area contributed by atoms with Gasteiger partial charge in [0.05, 0.1) is 6.04 Å². The summed E-state index contributed by atoms with van der Waals surface area (Å²) in [6.45, 7) is 1.22. The van der Waals surface area contributed by atoms with Gasteiger partial charge in [0.1, 0.15) is 12.4 Å². The summed E-state index contributed by atoms with van der Waals surface area (Å²) in [5.41, 5.74) is 0.982. The highest BCUT2D eigenvalue weighted by atomic mass is 19.1. The minimum Gasteiger partial charge on any atom is -0.349 e. The molecule has 1 fully saturated rings. The minimum atomic E-state index is -0.268. The lowest BCUT2D eigenvalue weighted by Gasteiger charge is -2.17. The average Bonchev–Trinajstić information content (AvgIpc) is 3.16. The molecule has 2 aromatic rings. The topological polar surface area (TPSA) is 67.2 Å². The second kappa shape index (κ2) is 7.25. The summed E-state index contributed by atoms with van der Waals surface area (Å²) < 4.78 is 14.4. The molecule has 2 amide bonds. The Labute approximate surface area is 139 Å². The zero-order valence-electron chi connectivity index (χ0n) is 13.2. The Balaban J connectivity index is 1.46. The molecule has 1 saturated heterocycles. The molecule has 0 saturated carbocycles. The maximum atomic E-state index is 12.9. The number of likely N-dealkylation sites (tertiary alicyclic amines) is 1. The summed E-state index contributed by atoms with van der Waals surface area (Å²) in [5, 5.41) is 6.85. The number of carbonyl (C=O) groups excluding carboxylic acids is 2. The molecule has 126 valence electrons. The molecule has 1 aromatic carbocycles. The summed E-state index contributed by atoms with van der Waals surface area (Å²) in [5.74, 6) is -0.394. The standard InChI is InChI=1S/C17H19FN4O2/c18-14-4-2-13(3-5-14)6-9-21-11-15(10-17(21)24)20-16(23)12-22-8-1-7-19-22/h1-5,7-8,15H,6,9-12H2,(H,20,23)/t15-/m0/s1. The Bertz CT molecular complexity index is 700. The minimum absolute atomic E-state index is 0.0292. The summed E-state index contributed by atoms with van der Waals surface area (Å²) in [7, 11) is 0. The molecular formula is C17H19FN4O2. The van der Waals surface area contributed by atoms with Crippen LogP contribution in [0.25, 0.3) is 0 Å². The van der Waals surface area contributed by atoms with Crippen molar-refractivity contribution in [2.45, 2.75) is 25.4 Å². The van der Waals surface area contributed by atoms with Gasteiger partial charge in [0.2, 0.25) is 11.8 Å². The van der Waals surface area contributed by atoms with Crippen LogP contribution in [-0.4, -0.2) is 45.6 Å². The third kappa shape index (κ3) is 4.18. The van der Waals surface area contributed by atoms with Crippen molar-refractivity contribution in [2.24, 2.45) is 0 Å². The van der Waals surface area contributed by atoms with E-state index in [1.165, 1.54) is 12.1 Å². The third-order valence-electron chi connectivity index (χ3n) is 4.03. The molecule has 6 nitrogen and oxygen atoms in total. The van der Waals surface area contributed by atoms with E-state index in [2.05, 4.69) is 10.4 Å². The second-order valence-electron chi connectivity index (χ2n) is 5.89. The lowest BCUT2D eigenvalue weighted by Crippen LogP contribution is -2.39. The summed E-state index contributed by atoms with van der Waals surface area (Å²) in [6, 6.07) is 7.86. The van der Waals surface area contributed by atoms with Crippen molar-refractivity contribution in [1.82, 2.24) is 20.0 Å². The first-order valence-electron chi connectivity index (χ1n) is 7.89. The monoisotopic (exact) mass is 330 g/mol. The van der Waals surface area contributed by atoms with E-state index in [-0.39, 0.29) is 30.2 Å². The maximum Gasteiger partial charge on any atom is 0.242 e. The highest BCUT2D eigenvalue weighted by Crippen LogP contribution is 2.13. The van der Waals surface area contributed by atoms with E-state index in [4.69, 9.17) is 0 Å². The first-order chi connectivity index (χ1) is 11.6. The molecule has 0 bridgehead atoms. The molecule has 7 heteroatoms. The van der Waals surface area contributed by atoms with E-state index in [0.717, 1.165) is 5.56 Å². The number of amides is 2. The molecule has 0 aliphatic carbocycles. The van der Waals surface area contributed by atoms with E-state index >= 15 is 0 Å². The molecule has 0 spiro atoms. The zero-order valence-corrected chi connectivity index (χ0v) is 13.2. The van der Waals surface area contributed by atoms with Crippen LogP contribution in [0.3, 0.4) is 0 Å². The van der Waals surface area contributed by atoms with Crippen LogP contribution in [-0.2, 0) is 22.6 Å². The fourth-order valence-electron chi connectivity index (χ4n) is 2.81. The first-order valence-corrected chi connectivity index (χ1v) is 7.89. The number of rotatable bonds is 6. The van der Waals surface area contributed by atoms with Gasteiger partial charge in [0.25, 0.3) is 0 Å². The Hall–Kier alpha value is -2.70. The van der Waals surface area contributed by atoms with Gasteiger partial charge in [0.15, 0.2) is 0 Å². The lowest BCUT2D eigenvalue weighted by molar-refractivity contribution is -0.127. The summed E-state index contributed by atoms with van der Waals surface area (Å²) >= 11 is 0. The maximum absolute atomic E-state index is 12.9. The van der Waals surface area contributed by atoms with E-state index < -0.39 is 0 Å². The molecule has 0 radical (unpaired) electrons. The third-order valence-corrected chi connectivity index (χ3v) is 4.03. The number of benzene rings is 1. The number of carbonyl (C=O) groups is 2. The van der Waals surface area contributed by atoms with Crippen LogP contribution in [0.2, 0.25) is 0 Å². The van der Waals surface area contributed by atoms with Gasteiger partial charge in [0, 0.05) is 31.9 Å². The SMILES string of the molecule is O=C(Cn1cccn1)N[C@H]1CC(=O)N(CCc2ccc(F)cc2)C1. The highest BCUT2D eigenvalue weighted by Gasteiger charge is 2.30. The Morgan fingerprint density at radius 2 is 2.12 bits per heavy atom. The van der Waals surface area contributed by atoms with E-state index in [0.29, 0.717) is 25.9 Å². The predicted molar refractivity (Wildman–Crippen MR) is 85.5 cm³/mol. The first kappa shape index (κ1) is 16.2. The fourth-order valence-corrected chi connectivity index (χ4v) is 2.81. The normalized spacial score (nSPS) is 17.3. The van der Waals surface area contributed by atoms with Gasteiger partial charge in [-0.1, -0.05) is 12.1 Å². The Kier molecular flexibility index (Phi) is 4.88. The number of hydrogen-bond acceptors (Lipinski definition) is 3. The van der Waals surface area contributed by atoms with Crippen LogP contribution >= 0.6 is 0 Å². The number of nitrogens with one attached hydrogen (secondary N) is 1. The molecular weight excluding hydrogens is 311 g/mol. The number of aromatic nitrogens is 2. The fraction of sp³-hybridized carbons (Fsp3) is 0.353. The van der Waals surface area contributed by atoms with Gasteiger partial charge in [-0.05, 0) is 30.2 Å². The molecule has 3 rings (SSSR count). The molecule has 0 unspecified atom stereocenters. The Morgan fingerprint density at radius 1 is 1.33 bits per heavy atom. The summed E-state index contributed by atoms with van der Waals surface area (Å²) in [6.07, 6.45) is 4.31. The molecule has 1 aliphatic rings. The lowest BCUT2D eigenvalue weighted by atomic mass is 10.1. The van der Waals surface area contributed by atoms with Gasteiger partial charge >= 0.3 is 0 Å². The quantitative estimate of drug-likeness (QED) is 0.859. The van der Waals surface area contributed by atoms with Crippen molar-refractivity contribution in [3.05, 3.63) is 54.1 Å². The molecule has 2 heterocycles. The van der Waals surface area contributed by atoms with E-state index in [1.54, 1.807) is 40.2 Å². The van der Waals surface area contributed by atoms with Crippen molar-refractivity contribution in [2.75, 3.05) is 13.1 Å². The smallest absolute Gasteiger partial charge is 0.242 e.